The predicted octanol–water partition coefficient (Wildman–Crippen LogP) is 2.03. The van der Waals surface area contributed by atoms with Crippen molar-refractivity contribution >= 4 is 11.7 Å². The Kier molecular flexibility index (Phi) is 4.43. The summed E-state index contributed by atoms with van der Waals surface area (Å²) in [6, 6.07) is 9.06. The molecule has 0 aromatic heterocycles. The molecule has 4 nitrogen and oxygen atoms in total. The van der Waals surface area contributed by atoms with Crippen LogP contribution in [0.15, 0.2) is 24.3 Å². The molecule has 2 rings (SSSR count). The van der Waals surface area contributed by atoms with Crippen molar-refractivity contribution in [3.8, 4) is 0 Å². The maximum atomic E-state index is 10.7. The molecule has 1 saturated heterocycles. The number of para-hydroxylation sites is 1. The smallest absolute Gasteiger partial charge is 0.303 e. The molecule has 2 atom stereocenters. The van der Waals surface area contributed by atoms with Crippen LogP contribution in [0.5, 0.6) is 0 Å². The summed E-state index contributed by atoms with van der Waals surface area (Å²) in [4.78, 5) is 13.1. The van der Waals surface area contributed by atoms with E-state index in [1.165, 1.54) is 11.3 Å². The molecule has 4 heteroatoms. The van der Waals surface area contributed by atoms with Gasteiger partial charge in [-0.05, 0) is 31.9 Å². The van der Waals surface area contributed by atoms with Gasteiger partial charge >= 0.3 is 5.97 Å². The van der Waals surface area contributed by atoms with Crippen LogP contribution in [-0.2, 0) is 4.79 Å². The van der Waals surface area contributed by atoms with Crippen molar-refractivity contribution in [2.45, 2.75) is 38.8 Å². The van der Waals surface area contributed by atoms with E-state index in [9.17, 15) is 4.79 Å². The highest BCUT2D eigenvalue weighted by Crippen LogP contribution is 2.24. The quantitative estimate of drug-likeness (QED) is 0.871. The molecular weight excluding hydrogens is 240 g/mol. The van der Waals surface area contributed by atoms with Gasteiger partial charge in [0.25, 0.3) is 0 Å². The zero-order valence-corrected chi connectivity index (χ0v) is 11.6. The van der Waals surface area contributed by atoms with E-state index >= 15 is 0 Å². The highest BCUT2D eigenvalue weighted by molar-refractivity contribution is 5.66. The van der Waals surface area contributed by atoms with Crippen LogP contribution in [0.1, 0.15) is 25.3 Å². The number of anilines is 1. The average Bonchev–Trinajstić information content (AvgIpc) is 2.38. The number of carbonyl (C=O) groups is 1. The molecule has 2 unspecified atom stereocenters. The first kappa shape index (κ1) is 13.9. The molecule has 19 heavy (non-hydrogen) atoms. The highest BCUT2D eigenvalue weighted by Gasteiger charge is 2.26. The van der Waals surface area contributed by atoms with Gasteiger partial charge in [-0.3, -0.25) is 4.79 Å². The first-order valence-electron chi connectivity index (χ1n) is 6.85. The van der Waals surface area contributed by atoms with E-state index in [2.05, 4.69) is 42.3 Å². The number of piperazine rings is 1. The third kappa shape index (κ3) is 3.47. The molecule has 0 saturated carbocycles. The van der Waals surface area contributed by atoms with Gasteiger partial charge < -0.3 is 15.3 Å². The van der Waals surface area contributed by atoms with Crippen molar-refractivity contribution in [3.63, 3.8) is 0 Å². The molecule has 0 radical (unpaired) electrons. The second-order valence-corrected chi connectivity index (χ2v) is 5.33. The average molecular weight is 262 g/mol. The van der Waals surface area contributed by atoms with Crippen LogP contribution in [0.3, 0.4) is 0 Å². The Bertz CT molecular complexity index is 448. The Labute approximate surface area is 114 Å². The Balaban J connectivity index is 2.06. The molecular formula is C15H22N2O2. The van der Waals surface area contributed by atoms with E-state index in [1.54, 1.807) is 0 Å². The van der Waals surface area contributed by atoms with E-state index in [4.69, 9.17) is 5.11 Å². The van der Waals surface area contributed by atoms with Crippen molar-refractivity contribution in [1.82, 2.24) is 5.32 Å². The van der Waals surface area contributed by atoms with Gasteiger partial charge in [0.2, 0.25) is 0 Å². The van der Waals surface area contributed by atoms with Crippen LogP contribution in [-0.4, -0.2) is 36.2 Å². The molecule has 1 heterocycles. The summed E-state index contributed by atoms with van der Waals surface area (Å²) in [6.07, 6.45) is 0.915. The molecule has 0 bridgehead atoms. The minimum absolute atomic E-state index is 0.230. The van der Waals surface area contributed by atoms with E-state index in [0.717, 1.165) is 13.1 Å². The van der Waals surface area contributed by atoms with Crippen molar-refractivity contribution in [3.05, 3.63) is 29.8 Å². The Hall–Kier alpha value is -1.55. The lowest BCUT2D eigenvalue weighted by Gasteiger charge is -2.41. The summed E-state index contributed by atoms with van der Waals surface area (Å²) in [5.74, 6) is -0.720. The fourth-order valence-corrected chi connectivity index (χ4v) is 2.64. The SMILES string of the molecule is Cc1ccccc1N1CC(CCC(=O)O)NCC1C. The normalized spacial score (nSPS) is 23.4. The molecule has 2 N–H and O–H groups in total. The minimum Gasteiger partial charge on any atom is -0.481 e. The maximum Gasteiger partial charge on any atom is 0.303 e. The number of nitrogens with one attached hydrogen (secondary N) is 1. The van der Waals surface area contributed by atoms with E-state index in [-0.39, 0.29) is 12.5 Å². The Morgan fingerprint density at radius 2 is 2.21 bits per heavy atom. The van der Waals surface area contributed by atoms with Crippen LogP contribution in [0.4, 0.5) is 5.69 Å². The van der Waals surface area contributed by atoms with Crippen LogP contribution in [0.25, 0.3) is 0 Å². The van der Waals surface area contributed by atoms with Gasteiger partial charge in [0.15, 0.2) is 0 Å². The number of aliphatic carboxylic acids is 1. The molecule has 0 amide bonds. The summed E-state index contributed by atoms with van der Waals surface area (Å²) in [6.45, 7) is 6.10. The molecule has 0 aliphatic carbocycles. The third-order valence-corrected chi connectivity index (χ3v) is 3.78. The maximum absolute atomic E-state index is 10.7. The number of aryl methyl sites for hydroxylation is 1. The monoisotopic (exact) mass is 262 g/mol. The Morgan fingerprint density at radius 1 is 1.47 bits per heavy atom. The number of hydrogen-bond donors (Lipinski definition) is 2. The second-order valence-electron chi connectivity index (χ2n) is 5.33. The summed E-state index contributed by atoms with van der Waals surface area (Å²) in [5, 5.41) is 12.2. The number of carboxylic acid groups (broad SMARTS) is 1. The van der Waals surface area contributed by atoms with E-state index in [1.807, 2.05) is 6.07 Å². The van der Waals surface area contributed by atoms with Gasteiger partial charge in [0.1, 0.15) is 0 Å². The van der Waals surface area contributed by atoms with Crippen LogP contribution in [0, 0.1) is 6.92 Å². The van der Waals surface area contributed by atoms with Crippen molar-refractivity contribution < 1.29 is 9.90 Å². The van der Waals surface area contributed by atoms with Gasteiger partial charge in [0, 0.05) is 37.3 Å². The van der Waals surface area contributed by atoms with Crippen molar-refractivity contribution in [2.75, 3.05) is 18.0 Å². The number of carboxylic acids is 1. The van der Waals surface area contributed by atoms with Crippen LogP contribution >= 0.6 is 0 Å². The van der Waals surface area contributed by atoms with Gasteiger partial charge in [-0.2, -0.15) is 0 Å². The molecule has 1 fully saturated rings. The summed E-state index contributed by atoms with van der Waals surface area (Å²) in [7, 11) is 0. The first-order chi connectivity index (χ1) is 9.08. The second kappa shape index (κ2) is 6.06. The van der Waals surface area contributed by atoms with Gasteiger partial charge in [-0.25, -0.2) is 0 Å². The zero-order chi connectivity index (χ0) is 13.8. The lowest BCUT2D eigenvalue weighted by molar-refractivity contribution is -0.137. The highest BCUT2D eigenvalue weighted by atomic mass is 16.4. The Morgan fingerprint density at radius 3 is 2.89 bits per heavy atom. The molecule has 1 aliphatic rings. The largest absolute Gasteiger partial charge is 0.481 e. The van der Waals surface area contributed by atoms with Gasteiger partial charge in [-0.1, -0.05) is 18.2 Å². The predicted molar refractivity (Wildman–Crippen MR) is 76.6 cm³/mol. The van der Waals surface area contributed by atoms with Crippen molar-refractivity contribution in [1.29, 1.82) is 0 Å². The summed E-state index contributed by atoms with van der Waals surface area (Å²) in [5.41, 5.74) is 2.53. The number of nitrogens with zero attached hydrogens (tertiary/aromatic N) is 1. The lowest BCUT2D eigenvalue weighted by Crippen LogP contribution is -2.55. The standard InChI is InChI=1S/C15H22N2O2/c1-11-5-3-4-6-14(11)17-10-13(7-8-15(18)19)16-9-12(17)2/h3-6,12-13,16H,7-10H2,1-2H3,(H,18,19). The molecule has 1 aliphatic heterocycles. The van der Waals surface area contributed by atoms with Crippen LogP contribution in [0.2, 0.25) is 0 Å². The zero-order valence-electron chi connectivity index (χ0n) is 11.6. The van der Waals surface area contributed by atoms with E-state index in [0.29, 0.717) is 12.5 Å². The topological polar surface area (TPSA) is 52.6 Å². The minimum atomic E-state index is -0.720. The molecule has 1 aromatic rings. The lowest BCUT2D eigenvalue weighted by atomic mass is 10.0. The fourth-order valence-electron chi connectivity index (χ4n) is 2.64. The molecule has 1 aromatic carbocycles. The number of rotatable bonds is 4. The van der Waals surface area contributed by atoms with Crippen molar-refractivity contribution in [2.24, 2.45) is 0 Å². The fraction of sp³-hybridized carbons (Fsp3) is 0.533. The van der Waals surface area contributed by atoms with E-state index < -0.39 is 5.97 Å². The number of hydrogen-bond acceptors (Lipinski definition) is 3. The summed E-state index contributed by atoms with van der Waals surface area (Å²) >= 11 is 0. The third-order valence-electron chi connectivity index (χ3n) is 3.78. The first-order valence-corrected chi connectivity index (χ1v) is 6.85. The van der Waals surface area contributed by atoms with Crippen LogP contribution < -0.4 is 10.2 Å². The van der Waals surface area contributed by atoms with Gasteiger partial charge in [0.05, 0.1) is 0 Å². The molecule has 104 valence electrons. The van der Waals surface area contributed by atoms with Gasteiger partial charge in [-0.15, -0.1) is 0 Å². The molecule has 0 spiro atoms. The number of benzene rings is 1. The summed E-state index contributed by atoms with van der Waals surface area (Å²) < 4.78 is 0.